The highest BCUT2D eigenvalue weighted by atomic mass is 16.8. The van der Waals surface area contributed by atoms with Crippen molar-refractivity contribution in [1.29, 1.82) is 0 Å². The lowest BCUT2D eigenvalue weighted by Gasteiger charge is -2.39. The van der Waals surface area contributed by atoms with Crippen molar-refractivity contribution in [3.8, 4) is 68.6 Å². The summed E-state index contributed by atoms with van der Waals surface area (Å²) in [6.07, 6.45) is -11.7. The Morgan fingerprint density at radius 1 is 0.545 bits per heavy atom. The van der Waals surface area contributed by atoms with Gasteiger partial charge in [0.05, 0.1) is 21.9 Å². The number of ether oxygens (including phenoxy) is 3. The highest BCUT2D eigenvalue weighted by molar-refractivity contribution is 6.26. The molecular formula is C33H22O22. The van der Waals surface area contributed by atoms with Crippen LogP contribution in [0, 0.1) is 0 Å². The summed E-state index contributed by atoms with van der Waals surface area (Å²) in [6, 6.07) is 2.32. The average Bonchev–Trinajstić information content (AvgIpc) is 3.13. The number of aliphatic hydroxyl groups excluding tert-OH is 3. The molecule has 5 unspecified atom stereocenters. The first kappa shape index (κ1) is 36.0. The van der Waals surface area contributed by atoms with E-state index in [0.29, 0.717) is 24.3 Å². The Balaban J connectivity index is 1.41. The van der Waals surface area contributed by atoms with Crippen LogP contribution < -0.4 is 11.3 Å². The minimum absolute atomic E-state index is 0.386. The second-order valence-corrected chi connectivity index (χ2v) is 12.0. The van der Waals surface area contributed by atoms with Crippen LogP contribution in [0.15, 0.2) is 42.7 Å². The Bertz CT molecular complexity index is 2720. The minimum Gasteiger partial charge on any atom is -0.504 e. The Morgan fingerprint density at radius 2 is 1.11 bits per heavy atom. The highest BCUT2D eigenvalue weighted by Gasteiger charge is 2.49. The van der Waals surface area contributed by atoms with Gasteiger partial charge in [0.2, 0.25) is 23.5 Å². The summed E-state index contributed by atoms with van der Waals surface area (Å²) >= 11 is 0. The van der Waals surface area contributed by atoms with Gasteiger partial charge in [0.15, 0.2) is 63.8 Å². The van der Waals surface area contributed by atoms with Crippen LogP contribution in [0.25, 0.3) is 43.8 Å². The first-order chi connectivity index (χ1) is 25.8. The number of benzene rings is 4. The Morgan fingerprint density at radius 3 is 1.76 bits per heavy atom. The first-order valence-electron chi connectivity index (χ1n) is 15.1. The van der Waals surface area contributed by atoms with E-state index in [4.69, 9.17) is 23.0 Å². The van der Waals surface area contributed by atoms with Crippen molar-refractivity contribution in [2.45, 2.75) is 30.9 Å². The van der Waals surface area contributed by atoms with Gasteiger partial charge in [-0.3, -0.25) is 0 Å². The summed E-state index contributed by atoms with van der Waals surface area (Å²) in [7, 11) is 0. The van der Waals surface area contributed by atoms with Gasteiger partial charge in [-0.05, 0) is 24.3 Å². The van der Waals surface area contributed by atoms with Crippen LogP contribution in [0.4, 0.5) is 0 Å². The van der Waals surface area contributed by atoms with Crippen LogP contribution in [0.5, 0.6) is 57.5 Å². The van der Waals surface area contributed by atoms with Gasteiger partial charge in [0.1, 0.15) is 12.2 Å². The third-order valence-corrected chi connectivity index (χ3v) is 8.72. The SMILES string of the molecule is O=C(OC1OC(O)C(O)C(O)C1OC(=O)c1cc(O)c(O)c(O)c1-c1c(O)c(O)c2oc(=O)c3cc(O)c(O)c4oc(=O)c1c2c43)c1cc(O)c(O)c(O)c1. The van der Waals surface area contributed by atoms with Crippen molar-refractivity contribution < 1.29 is 99.0 Å². The predicted octanol–water partition coefficient (Wildman–Crippen LogP) is -0.00770. The van der Waals surface area contributed by atoms with Gasteiger partial charge in [-0.2, -0.15) is 0 Å². The normalized spacial score (nSPS) is 19.9. The van der Waals surface area contributed by atoms with E-state index in [-0.39, 0.29) is 0 Å². The number of esters is 2. The summed E-state index contributed by atoms with van der Waals surface area (Å²) in [4.78, 5) is 53.2. The summed E-state index contributed by atoms with van der Waals surface area (Å²) in [6.45, 7) is 0. The van der Waals surface area contributed by atoms with Gasteiger partial charge in [-0.1, -0.05) is 0 Å². The number of carbonyl (C=O) groups excluding carboxylic acids is 2. The van der Waals surface area contributed by atoms with Crippen LogP contribution in [0.3, 0.4) is 0 Å². The van der Waals surface area contributed by atoms with Crippen molar-refractivity contribution in [1.82, 2.24) is 0 Å². The van der Waals surface area contributed by atoms with Crippen molar-refractivity contribution in [3.63, 3.8) is 0 Å². The molecule has 7 rings (SSSR count). The molecule has 13 N–H and O–H groups in total. The number of aliphatic hydroxyl groups is 3. The van der Waals surface area contributed by atoms with E-state index in [1.807, 2.05) is 0 Å². The van der Waals surface area contributed by atoms with Crippen LogP contribution in [0.1, 0.15) is 20.7 Å². The summed E-state index contributed by atoms with van der Waals surface area (Å²) in [5.41, 5.74) is -8.58. The first-order valence-corrected chi connectivity index (χ1v) is 15.1. The number of hydrogen-bond donors (Lipinski definition) is 13. The smallest absolute Gasteiger partial charge is 0.345 e. The minimum atomic E-state index is -2.39. The van der Waals surface area contributed by atoms with Crippen molar-refractivity contribution in [3.05, 3.63) is 56.2 Å². The molecule has 55 heavy (non-hydrogen) atoms. The molecule has 0 spiro atoms. The van der Waals surface area contributed by atoms with Crippen LogP contribution in [-0.4, -0.2) is 109 Å². The molecule has 1 aliphatic heterocycles. The summed E-state index contributed by atoms with van der Waals surface area (Å²) in [5, 5.41) is 133. The zero-order valence-corrected chi connectivity index (χ0v) is 26.7. The fourth-order valence-corrected chi connectivity index (χ4v) is 6.10. The van der Waals surface area contributed by atoms with E-state index >= 15 is 0 Å². The van der Waals surface area contributed by atoms with Gasteiger partial charge < -0.3 is 89.4 Å². The molecule has 4 aromatic carbocycles. The highest BCUT2D eigenvalue weighted by Crippen LogP contribution is 2.54. The van der Waals surface area contributed by atoms with Crippen LogP contribution in [0.2, 0.25) is 0 Å². The molecule has 3 heterocycles. The Labute approximate surface area is 299 Å². The number of phenols is 10. The molecule has 2 aromatic heterocycles. The molecule has 22 nitrogen and oxygen atoms in total. The Kier molecular flexibility index (Phi) is 8.07. The molecule has 0 aliphatic carbocycles. The van der Waals surface area contributed by atoms with Crippen molar-refractivity contribution >= 4 is 44.6 Å². The van der Waals surface area contributed by atoms with Crippen LogP contribution >= 0.6 is 0 Å². The molecule has 5 atom stereocenters. The van der Waals surface area contributed by atoms with E-state index in [0.717, 1.165) is 0 Å². The molecular weight excluding hydrogens is 748 g/mol. The fraction of sp³-hybridized carbons (Fsp3) is 0.152. The van der Waals surface area contributed by atoms with Gasteiger partial charge in [0, 0.05) is 21.9 Å². The number of rotatable bonds is 5. The van der Waals surface area contributed by atoms with Crippen molar-refractivity contribution in [2.75, 3.05) is 0 Å². The largest absolute Gasteiger partial charge is 0.504 e. The average molecular weight is 771 g/mol. The zero-order valence-electron chi connectivity index (χ0n) is 26.7. The van der Waals surface area contributed by atoms with E-state index in [1.54, 1.807) is 0 Å². The van der Waals surface area contributed by atoms with Crippen molar-refractivity contribution in [2.24, 2.45) is 0 Å². The monoisotopic (exact) mass is 770 g/mol. The molecule has 286 valence electrons. The van der Waals surface area contributed by atoms with Gasteiger partial charge in [0.25, 0.3) is 0 Å². The molecule has 0 bridgehead atoms. The quantitative estimate of drug-likeness (QED) is 0.0474. The Hall–Kier alpha value is -7.40. The second kappa shape index (κ2) is 12.3. The predicted molar refractivity (Wildman–Crippen MR) is 173 cm³/mol. The topological polar surface area (TPSA) is 385 Å². The van der Waals surface area contributed by atoms with Gasteiger partial charge in [-0.15, -0.1) is 0 Å². The maximum atomic E-state index is 13.9. The molecule has 6 aromatic rings. The standard InChI is InChI=1S/C33H22O22/c34-8-1-5(2-9(35)17(8)38)28(46)54-33-27(23(44)24(45)32(50)55-33)53-29(47)6-3-10(36)18(39)20(41)12(6)14-16-15-13-7(30(48)51-26(15)22(43)21(14)42)4-11(37)19(40)25(13)52-31(16)49/h1-4,23-24,27,32-45,50H. The maximum absolute atomic E-state index is 13.9. The number of aromatic hydroxyl groups is 10. The molecule has 0 amide bonds. The molecule has 1 aliphatic rings. The van der Waals surface area contributed by atoms with Gasteiger partial charge in [-0.25, -0.2) is 19.2 Å². The third kappa shape index (κ3) is 5.27. The van der Waals surface area contributed by atoms with E-state index in [9.17, 15) is 85.6 Å². The van der Waals surface area contributed by atoms with Crippen LogP contribution in [-0.2, 0) is 14.2 Å². The maximum Gasteiger partial charge on any atom is 0.345 e. The summed E-state index contributed by atoms with van der Waals surface area (Å²) < 4.78 is 25.5. The van der Waals surface area contributed by atoms with E-state index in [1.165, 1.54) is 0 Å². The zero-order chi connectivity index (χ0) is 40.1. The molecule has 0 radical (unpaired) electrons. The number of phenolic OH excluding ortho intramolecular Hbond substituents is 10. The molecule has 1 saturated heterocycles. The van der Waals surface area contributed by atoms with E-state index < -0.39 is 167 Å². The van der Waals surface area contributed by atoms with Gasteiger partial charge >= 0.3 is 23.2 Å². The molecule has 1 fully saturated rings. The third-order valence-electron chi connectivity index (χ3n) is 8.72. The fourth-order valence-electron chi connectivity index (χ4n) is 6.10. The molecule has 0 saturated carbocycles. The second-order valence-electron chi connectivity index (χ2n) is 12.0. The van der Waals surface area contributed by atoms with E-state index in [2.05, 4.69) is 0 Å². The molecule has 22 heteroatoms. The lowest BCUT2D eigenvalue weighted by Crippen LogP contribution is -2.59. The number of hydrogen-bond acceptors (Lipinski definition) is 22. The lowest BCUT2D eigenvalue weighted by molar-refractivity contribution is -0.326. The number of carbonyl (C=O) groups is 2. The summed E-state index contributed by atoms with van der Waals surface area (Å²) in [5.74, 6) is -15.3. The lowest BCUT2D eigenvalue weighted by atomic mass is 9.90.